The Labute approximate surface area is 234 Å². The van der Waals surface area contributed by atoms with Crippen LogP contribution >= 0.6 is 11.6 Å². The second kappa shape index (κ2) is 11.0. The molecule has 8 nitrogen and oxygen atoms in total. The first-order chi connectivity index (χ1) is 18.2. The second-order valence-electron chi connectivity index (χ2n) is 11.6. The molecule has 2 atom stereocenters. The minimum atomic E-state index is -2.20. The first kappa shape index (κ1) is 29.1. The Kier molecular flexibility index (Phi) is 8.19. The number of methoxy groups -OCH3 is 1. The third-order valence-corrected chi connectivity index (χ3v) is 12.7. The molecule has 2 heterocycles. The van der Waals surface area contributed by atoms with E-state index < -0.39 is 19.9 Å². The maximum atomic E-state index is 13.6. The van der Waals surface area contributed by atoms with Gasteiger partial charge in [0.15, 0.2) is 19.5 Å². The Bertz CT molecular complexity index is 1450. The number of phenolic OH excluding ortho intramolecular Hbond substituents is 1. The number of phenols is 1. The SMILES string of the molecule is COC(=O)Oc1cc(O)c([C@H]2CCN(C)CC2O[Si](C)(C)C(C)(C)C)c2oc(-c3ccccc3Cl)cc(=O)c12. The van der Waals surface area contributed by atoms with Gasteiger partial charge in [-0.1, -0.05) is 44.5 Å². The molecule has 39 heavy (non-hydrogen) atoms. The number of halogens is 1. The molecule has 1 unspecified atom stereocenters. The number of rotatable bonds is 5. The molecule has 0 aliphatic carbocycles. The number of likely N-dealkylation sites (tertiary alicyclic amines) is 1. The quantitative estimate of drug-likeness (QED) is 0.203. The van der Waals surface area contributed by atoms with Gasteiger partial charge in [-0.15, -0.1) is 0 Å². The van der Waals surface area contributed by atoms with Crippen LogP contribution in [-0.2, 0) is 9.16 Å². The van der Waals surface area contributed by atoms with Gasteiger partial charge in [-0.3, -0.25) is 4.79 Å². The van der Waals surface area contributed by atoms with Crippen LogP contribution in [0.4, 0.5) is 4.79 Å². The number of hydrogen-bond acceptors (Lipinski definition) is 8. The summed E-state index contributed by atoms with van der Waals surface area (Å²) >= 11 is 6.44. The number of carbonyl (C=O) groups excluding carboxylic acids is 1. The monoisotopic (exact) mass is 573 g/mol. The minimum Gasteiger partial charge on any atom is -0.507 e. The highest BCUT2D eigenvalue weighted by molar-refractivity contribution is 6.74. The zero-order valence-electron chi connectivity index (χ0n) is 23.5. The van der Waals surface area contributed by atoms with Crippen molar-refractivity contribution in [3.05, 3.63) is 57.2 Å². The van der Waals surface area contributed by atoms with E-state index in [4.69, 9.17) is 25.2 Å². The highest BCUT2D eigenvalue weighted by Crippen LogP contribution is 2.46. The van der Waals surface area contributed by atoms with Gasteiger partial charge in [0.25, 0.3) is 0 Å². The van der Waals surface area contributed by atoms with Crippen molar-refractivity contribution in [3.63, 3.8) is 0 Å². The van der Waals surface area contributed by atoms with Crippen molar-refractivity contribution >= 4 is 37.0 Å². The first-order valence-electron chi connectivity index (χ1n) is 12.9. The van der Waals surface area contributed by atoms with E-state index in [0.29, 0.717) is 29.1 Å². The standard InChI is InChI=1S/C29H36ClNO7Si/c1-29(2,3)39(6,7)38-24-16-31(4)13-12-18(24)25-20(32)15-23(37-28(34)35-5)26-21(33)14-22(36-27(25)26)17-10-8-9-11-19(17)30/h8-11,14-15,18,24,32H,12-13,16H2,1-7H3/t18-,24?/m0/s1. The van der Waals surface area contributed by atoms with Crippen LogP contribution in [0.2, 0.25) is 23.2 Å². The molecule has 0 spiro atoms. The van der Waals surface area contributed by atoms with E-state index in [0.717, 1.165) is 13.7 Å². The average molecular weight is 574 g/mol. The van der Waals surface area contributed by atoms with E-state index in [-0.39, 0.29) is 45.3 Å². The average Bonchev–Trinajstić information content (AvgIpc) is 2.84. The summed E-state index contributed by atoms with van der Waals surface area (Å²) in [6.45, 7) is 12.3. The lowest BCUT2D eigenvalue weighted by molar-refractivity contribution is 0.0710. The molecule has 0 radical (unpaired) electrons. The fourth-order valence-electron chi connectivity index (χ4n) is 4.75. The minimum absolute atomic E-state index is 0.0281. The summed E-state index contributed by atoms with van der Waals surface area (Å²) in [4.78, 5) is 27.8. The van der Waals surface area contributed by atoms with Crippen molar-refractivity contribution in [1.29, 1.82) is 0 Å². The summed E-state index contributed by atoms with van der Waals surface area (Å²) in [5, 5.41) is 11.8. The molecule has 1 aliphatic rings. The Morgan fingerprint density at radius 3 is 2.54 bits per heavy atom. The molecule has 1 aliphatic heterocycles. The van der Waals surface area contributed by atoms with Crippen LogP contribution in [0.25, 0.3) is 22.3 Å². The molecule has 0 amide bonds. The van der Waals surface area contributed by atoms with Gasteiger partial charge in [-0.2, -0.15) is 0 Å². The molecule has 1 saturated heterocycles. The highest BCUT2D eigenvalue weighted by Gasteiger charge is 2.43. The zero-order chi connectivity index (χ0) is 28.7. The predicted octanol–water partition coefficient (Wildman–Crippen LogP) is 6.77. The summed E-state index contributed by atoms with van der Waals surface area (Å²) < 4.78 is 23.2. The van der Waals surface area contributed by atoms with E-state index >= 15 is 0 Å². The molecule has 4 rings (SSSR count). The van der Waals surface area contributed by atoms with Crippen molar-refractivity contribution in [3.8, 4) is 22.8 Å². The van der Waals surface area contributed by atoms with E-state index in [1.54, 1.807) is 24.3 Å². The second-order valence-corrected chi connectivity index (χ2v) is 16.8. The predicted molar refractivity (Wildman–Crippen MR) is 155 cm³/mol. The fraction of sp³-hybridized carbons (Fsp3) is 0.448. The van der Waals surface area contributed by atoms with Crippen LogP contribution in [0.15, 0.2) is 45.6 Å². The lowest BCUT2D eigenvalue weighted by atomic mass is 9.85. The van der Waals surface area contributed by atoms with Gasteiger partial charge in [-0.25, -0.2) is 4.79 Å². The third kappa shape index (κ3) is 5.86. The number of benzene rings is 2. The van der Waals surface area contributed by atoms with E-state index in [2.05, 4.69) is 43.5 Å². The lowest BCUT2D eigenvalue weighted by Gasteiger charge is -2.45. The van der Waals surface area contributed by atoms with Crippen molar-refractivity contribution < 1.29 is 28.2 Å². The topological polar surface area (TPSA) is 98.4 Å². The largest absolute Gasteiger partial charge is 0.513 e. The summed E-state index contributed by atoms with van der Waals surface area (Å²) in [5.41, 5.74) is 0.668. The molecule has 0 saturated carbocycles. The van der Waals surface area contributed by atoms with Crippen molar-refractivity contribution in [1.82, 2.24) is 4.90 Å². The van der Waals surface area contributed by atoms with Crippen LogP contribution in [0, 0.1) is 0 Å². The Morgan fingerprint density at radius 2 is 1.90 bits per heavy atom. The van der Waals surface area contributed by atoms with Gasteiger partial charge >= 0.3 is 6.16 Å². The fourth-order valence-corrected chi connectivity index (χ4v) is 6.33. The molecular weight excluding hydrogens is 538 g/mol. The Hall–Kier alpha value is -2.85. The Morgan fingerprint density at radius 1 is 1.21 bits per heavy atom. The van der Waals surface area contributed by atoms with Gasteiger partial charge in [0.2, 0.25) is 0 Å². The highest BCUT2D eigenvalue weighted by atomic mass is 35.5. The number of nitrogens with zero attached hydrogens (tertiary/aromatic N) is 1. The number of likely N-dealkylation sites (N-methyl/N-ethyl adjacent to an activating group) is 1. The van der Waals surface area contributed by atoms with Crippen LogP contribution in [0.1, 0.15) is 38.7 Å². The van der Waals surface area contributed by atoms with Crippen molar-refractivity contribution in [2.24, 2.45) is 0 Å². The van der Waals surface area contributed by atoms with Gasteiger partial charge in [0, 0.05) is 35.7 Å². The number of ether oxygens (including phenoxy) is 2. The van der Waals surface area contributed by atoms with Gasteiger partial charge in [-0.05, 0) is 50.3 Å². The molecule has 1 N–H and O–H groups in total. The van der Waals surface area contributed by atoms with Crippen LogP contribution in [0.3, 0.4) is 0 Å². The van der Waals surface area contributed by atoms with Crippen molar-refractivity contribution in [2.75, 3.05) is 27.2 Å². The summed E-state index contributed by atoms with van der Waals surface area (Å²) in [6.07, 6.45) is -0.618. The van der Waals surface area contributed by atoms with Crippen LogP contribution in [-0.4, -0.2) is 57.8 Å². The molecule has 0 bridgehead atoms. The van der Waals surface area contributed by atoms with Gasteiger partial charge in [0.1, 0.15) is 22.5 Å². The Balaban J connectivity index is 1.98. The lowest BCUT2D eigenvalue weighted by Crippen LogP contribution is -2.51. The van der Waals surface area contributed by atoms with E-state index in [1.807, 2.05) is 7.05 Å². The molecule has 1 aromatic heterocycles. The van der Waals surface area contributed by atoms with E-state index in [1.165, 1.54) is 12.1 Å². The van der Waals surface area contributed by atoms with Gasteiger partial charge < -0.3 is 28.3 Å². The summed E-state index contributed by atoms with van der Waals surface area (Å²) in [5.74, 6) is -0.343. The normalized spacial score (nSPS) is 18.8. The maximum absolute atomic E-state index is 13.6. The summed E-state index contributed by atoms with van der Waals surface area (Å²) in [6, 6.07) is 9.62. The summed E-state index contributed by atoms with van der Waals surface area (Å²) in [7, 11) is 1.00. The molecule has 1 fully saturated rings. The number of fused-ring (bicyclic) bond motifs is 1. The van der Waals surface area contributed by atoms with Gasteiger partial charge in [0.05, 0.1) is 18.2 Å². The number of aromatic hydroxyl groups is 1. The molecule has 3 aromatic rings. The zero-order valence-corrected chi connectivity index (χ0v) is 25.2. The smallest absolute Gasteiger partial charge is 0.507 e. The molecular formula is C29H36ClNO7Si. The first-order valence-corrected chi connectivity index (χ1v) is 16.2. The van der Waals surface area contributed by atoms with E-state index in [9.17, 15) is 14.7 Å². The number of hydrogen-bond donors (Lipinski definition) is 1. The molecule has 210 valence electrons. The number of piperidine rings is 1. The van der Waals surface area contributed by atoms with Crippen molar-refractivity contribution in [2.45, 2.75) is 57.3 Å². The maximum Gasteiger partial charge on any atom is 0.513 e. The van der Waals surface area contributed by atoms with Crippen LogP contribution in [0.5, 0.6) is 11.5 Å². The number of carbonyl (C=O) groups is 1. The van der Waals surface area contributed by atoms with Crippen LogP contribution < -0.4 is 10.2 Å². The molecule has 2 aromatic carbocycles. The third-order valence-electron chi connectivity index (χ3n) is 7.87. The molecule has 10 heteroatoms.